The molecule has 1 amide bonds. The van der Waals surface area contributed by atoms with Gasteiger partial charge < -0.3 is 15.5 Å². The lowest BCUT2D eigenvalue weighted by Gasteiger charge is -2.30. The zero-order valence-electron chi connectivity index (χ0n) is 13.4. The lowest BCUT2D eigenvalue weighted by atomic mass is 10.2. The van der Waals surface area contributed by atoms with Gasteiger partial charge >= 0.3 is 0 Å². The first-order valence-electron chi connectivity index (χ1n) is 8.02. The van der Waals surface area contributed by atoms with E-state index in [1.807, 2.05) is 23.6 Å². The van der Waals surface area contributed by atoms with E-state index in [1.54, 1.807) is 29.1 Å². The Morgan fingerprint density at radius 1 is 1.24 bits per heavy atom. The van der Waals surface area contributed by atoms with Gasteiger partial charge in [0, 0.05) is 37.8 Å². The molecule has 0 aliphatic carbocycles. The number of carbonyl (C=O) groups excluding carboxylic acids is 1. The molecule has 1 aliphatic heterocycles. The first-order valence-corrected chi connectivity index (χ1v) is 9.77. The number of rotatable bonds is 4. The van der Waals surface area contributed by atoms with Gasteiger partial charge in [-0.1, -0.05) is 6.07 Å². The molecular weight excluding hydrogens is 354 g/mol. The van der Waals surface area contributed by atoms with Crippen LogP contribution in [0.3, 0.4) is 0 Å². The zero-order chi connectivity index (χ0) is 17.1. The summed E-state index contributed by atoms with van der Waals surface area (Å²) < 4.78 is 0. The van der Waals surface area contributed by atoms with Gasteiger partial charge in [0.2, 0.25) is 0 Å². The molecule has 0 atom stereocenters. The maximum Gasteiger partial charge on any atom is 0.275 e. The summed E-state index contributed by atoms with van der Waals surface area (Å²) in [6, 6.07) is 5.93. The second-order valence-corrected chi connectivity index (χ2v) is 7.40. The summed E-state index contributed by atoms with van der Waals surface area (Å²) in [4.78, 5) is 24.6. The molecular formula is C17H17N5OS2. The Labute approximate surface area is 153 Å². The van der Waals surface area contributed by atoms with E-state index in [-0.39, 0.29) is 5.91 Å². The molecule has 3 aromatic heterocycles. The normalized spacial score (nSPS) is 14.5. The third-order valence-corrected chi connectivity index (χ3v) is 5.85. The van der Waals surface area contributed by atoms with E-state index in [0.717, 1.165) is 47.4 Å². The third-order valence-electron chi connectivity index (χ3n) is 3.97. The Balaban J connectivity index is 1.53. The predicted octanol–water partition coefficient (Wildman–Crippen LogP) is 2.93. The fourth-order valence-electron chi connectivity index (χ4n) is 2.74. The highest BCUT2D eigenvalue weighted by molar-refractivity contribution is 7.20. The number of pyridine rings is 1. The van der Waals surface area contributed by atoms with Gasteiger partial charge in [0.1, 0.15) is 10.7 Å². The summed E-state index contributed by atoms with van der Waals surface area (Å²) in [5.74, 6) is -0.205. The van der Waals surface area contributed by atoms with Crippen molar-refractivity contribution < 1.29 is 4.79 Å². The summed E-state index contributed by atoms with van der Waals surface area (Å²) >= 11 is 3.10. The number of hydrogen-bond acceptors (Lipinski definition) is 7. The predicted molar refractivity (Wildman–Crippen MR) is 103 cm³/mol. The van der Waals surface area contributed by atoms with Crippen molar-refractivity contribution in [3.63, 3.8) is 0 Å². The van der Waals surface area contributed by atoms with Crippen molar-refractivity contribution >= 4 is 40.0 Å². The molecule has 1 fully saturated rings. The van der Waals surface area contributed by atoms with Crippen LogP contribution in [0.5, 0.6) is 0 Å². The summed E-state index contributed by atoms with van der Waals surface area (Å²) in [7, 11) is 0. The van der Waals surface area contributed by atoms with Gasteiger partial charge in [0.15, 0.2) is 0 Å². The minimum Gasteiger partial charge on any atom is -0.367 e. The molecule has 1 saturated heterocycles. The SMILES string of the molecule is O=C(Nc1cnccc1N1CCNCC1)c1csc(-c2cccs2)n1. The lowest BCUT2D eigenvalue weighted by Crippen LogP contribution is -2.43. The minimum atomic E-state index is -0.205. The van der Waals surface area contributed by atoms with E-state index in [1.165, 1.54) is 11.3 Å². The van der Waals surface area contributed by atoms with Gasteiger partial charge in [-0.2, -0.15) is 0 Å². The molecule has 0 radical (unpaired) electrons. The van der Waals surface area contributed by atoms with Crippen LogP contribution in [0.15, 0.2) is 41.4 Å². The molecule has 4 rings (SSSR count). The van der Waals surface area contributed by atoms with Crippen molar-refractivity contribution in [2.75, 3.05) is 36.4 Å². The second-order valence-electron chi connectivity index (χ2n) is 5.60. The molecule has 0 spiro atoms. The number of nitrogens with zero attached hydrogens (tertiary/aromatic N) is 3. The molecule has 6 nitrogen and oxygen atoms in total. The Morgan fingerprint density at radius 2 is 2.12 bits per heavy atom. The first kappa shape index (κ1) is 16.2. The number of anilines is 2. The van der Waals surface area contributed by atoms with Crippen molar-refractivity contribution in [2.24, 2.45) is 0 Å². The van der Waals surface area contributed by atoms with E-state index < -0.39 is 0 Å². The highest BCUT2D eigenvalue weighted by Gasteiger charge is 2.18. The quantitative estimate of drug-likeness (QED) is 0.738. The number of amides is 1. The fraction of sp³-hybridized carbons (Fsp3) is 0.235. The highest BCUT2D eigenvalue weighted by atomic mass is 32.1. The highest BCUT2D eigenvalue weighted by Crippen LogP contribution is 2.29. The molecule has 4 heterocycles. The van der Waals surface area contributed by atoms with Crippen LogP contribution < -0.4 is 15.5 Å². The Bertz CT molecular complexity index is 856. The van der Waals surface area contributed by atoms with Crippen LogP contribution in [-0.4, -0.2) is 42.1 Å². The molecule has 128 valence electrons. The van der Waals surface area contributed by atoms with Gasteiger partial charge in [-0.25, -0.2) is 4.98 Å². The average Bonchev–Trinajstić information content (AvgIpc) is 3.34. The molecule has 25 heavy (non-hydrogen) atoms. The molecule has 2 N–H and O–H groups in total. The summed E-state index contributed by atoms with van der Waals surface area (Å²) in [6.45, 7) is 3.69. The Kier molecular flexibility index (Phi) is 4.73. The Hall–Kier alpha value is -2.29. The molecule has 0 saturated carbocycles. The molecule has 1 aliphatic rings. The van der Waals surface area contributed by atoms with E-state index in [4.69, 9.17) is 0 Å². The largest absolute Gasteiger partial charge is 0.367 e. The smallest absolute Gasteiger partial charge is 0.275 e. The average molecular weight is 371 g/mol. The van der Waals surface area contributed by atoms with Crippen LogP contribution in [0.25, 0.3) is 9.88 Å². The van der Waals surface area contributed by atoms with Gasteiger partial charge in [-0.3, -0.25) is 9.78 Å². The van der Waals surface area contributed by atoms with Gasteiger partial charge in [-0.05, 0) is 17.5 Å². The lowest BCUT2D eigenvalue weighted by molar-refractivity contribution is 0.102. The van der Waals surface area contributed by atoms with Gasteiger partial charge in [0.25, 0.3) is 5.91 Å². The van der Waals surface area contributed by atoms with E-state index >= 15 is 0 Å². The van der Waals surface area contributed by atoms with Crippen molar-refractivity contribution in [1.29, 1.82) is 0 Å². The van der Waals surface area contributed by atoms with Crippen LogP contribution in [0.1, 0.15) is 10.5 Å². The van der Waals surface area contributed by atoms with Crippen LogP contribution in [0.4, 0.5) is 11.4 Å². The minimum absolute atomic E-state index is 0.205. The summed E-state index contributed by atoms with van der Waals surface area (Å²) in [5.41, 5.74) is 2.15. The standard InChI is InChI=1S/C17H17N5OS2/c23-16(13-11-25-17(21-13)15-2-1-9-24-15)20-12-10-19-4-3-14(12)22-7-5-18-6-8-22/h1-4,9-11,18H,5-8H2,(H,20,23). The number of thiazole rings is 1. The number of piperazine rings is 1. The fourth-order valence-corrected chi connectivity index (χ4v) is 4.36. The number of carbonyl (C=O) groups is 1. The maximum absolute atomic E-state index is 12.6. The van der Waals surface area contributed by atoms with E-state index in [2.05, 4.69) is 25.5 Å². The van der Waals surface area contributed by atoms with Gasteiger partial charge in [-0.15, -0.1) is 22.7 Å². The topological polar surface area (TPSA) is 70.2 Å². The monoisotopic (exact) mass is 371 g/mol. The first-order chi connectivity index (χ1) is 12.3. The molecule has 8 heteroatoms. The number of aromatic nitrogens is 2. The molecule has 0 unspecified atom stereocenters. The maximum atomic E-state index is 12.6. The second kappa shape index (κ2) is 7.30. The van der Waals surface area contributed by atoms with E-state index in [9.17, 15) is 4.79 Å². The van der Waals surface area contributed by atoms with Gasteiger partial charge in [0.05, 0.1) is 22.4 Å². The number of hydrogen-bond donors (Lipinski definition) is 2. The number of thiophene rings is 1. The zero-order valence-corrected chi connectivity index (χ0v) is 15.1. The van der Waals surface area contributed by atoms with Crippen LogP contribution in [0, 0.1) is 0 Å². The van der Waals surface area contributed by atoms with Crippen LogP contribution in [0.2, 0.25) is 0 Å². The van der Waals surface area contributed by atoms with Crippen molar-refractivity contribution in [2.45, 2.75) is 0 Å². The number of nitrogens with one attached hydrogen (secondary N) is 2. The summed E-state index contributed by atoms with van der Waals surface area (Å²) in [6.07, 6.45) is 3.45. The van der Waals surface area contributed by atoms with E-state index in [0.29, 0.717) is 5.69 Å². The van der Waals surface area contributed by atoms with Crippen LogP contribution >= 0.6 is 22.7 Å². The molecule has 3 aromatic rings. The van der Waals surface area contributed by atoms with Crippen molar-refractivity contribution in [1.82, 2.24) is 15.3 Å². The third kappa shape index (κ3) is 3.55. The Morgan fingerprint density at radius 3 is 2.92 bits per heavy atom. The summed E-state index contributed by atoms with van der Waals surface area (Å²) in [5, 5.41) is 11.0. The van der Waals surface area contributed by atoms with Crippen LogP contribution in [-0.2, 0) is 0 Å². The van der Waals surface area contributed by atoms with Crippen molar-refractivity contribution in [3.05, 3.63) is 47.0 Å². The molecule has 0 bridgehead atoms. The molecule has 0 aromatic carbocycles. The van der Waals surface area contributed by atoms with Crippen molar-refractivity contribution in [3.8, 4) is 9.88 Å².